The summed E-state index contributed by atoms with van der Waals surface area (Å²) in [7, 11) is 0. The highest BCUT2D eigenvalue weighted by molar-refractivity contribution is 5.95. The van der Waals surface area contributed by atoms with Crippen LogP contribution < -0.4 is 5.43 Å². The molecule has 0 atom stereocenters. The zero-order valence-electron chi connectivity index (χ0n) is 10.4. The number of carbonyl (C=O) groups excluding carboxylic acids is 1. The summed E-state index contributed by atoms with van der Waals surface area (Å²) in [5, 5.41) is 12.4. The quantitative estimate of drug-likeness (QED) is 0.685. The molecular weight excluding hydrogens is 257 g/mol. The molecule has 0 spiro atoms. The molecule has 0 aliphatic heterocycles. The Balaban J connectivity index is 2.01. The molecule has 1 N–H and O–H groups in total. The van der Waals surface area contributed by atoms with Gasteiger partial charge < -0.3 is 0 Å². The molecule has 0 fully saturated rings. The van der Waals surface area contributed by atoms with E-state index in [4.69, 9.17) is 5.26 Å². The fourth-order valence-electron chi connectivity index (χ4n) is 1.51. The molecule has 0 radical (unpaired) electrons. The van der Waals surface area contributed by atoms with E-state index in [9.17, 15) is 9.18 Å². The second-order valence-electron chi connectivity index (χ2n) is 3.91. The minimum atomic E-state index is -0.618. The van der Waals surface area contributed by atoms with Crippen LogP contribution in [0.15, 0.2) is 53.6 Å². The molecule has 0 aliphatic rings. The Kier molecular flexibility index (Phi) is 4.20. The molecule has 0 heterocycles. The number of nitrogens with zero attached hydrogens (tertiary/aromatic N) is 2. The Bertz CT molecular complexity index is 687. The molecular formula is C15H10FN3O. The minimum absolute atomic E-state index is 0.0653. The van der Waals surface area contributed by atoms with E-state index in [0.29, 0.717) is 5.56 Å². The average Bonchev–Trinajstić information content (AvgIpc) is 2.48. The van der Waals surface area contributed by atoms with E-state index in [1.165, 1.54) is 24.4 Å². The van der Waals surface area contributed by atoms with Gasteiger partial charge in [0, 0.05) is 0 Å². The summed E-state index contributed by atoms with van der Waals surface area (Å²) in [5.74, 6) is -1.22. The predicted octanol–water partition coefficient (Wildman–Crippen LogP) is 2.46. The van der Waals surface area contributed by atoms with E-state index < -0.39 is 11.7 Å². The van der Waals surface area contributed by atoms with Gasteiger partial charge in [0.25, 0.3) is 5.91 Å². The highest BCUT2D eigenvalue weighted by Crippen LogP contribution is 2.05. The highest BCUT2D eigenvalue weighted by Gasteiger charge is 2.08. The molecule has 4 nitrogen and oxygen atoms in total. The van der Waals surface area contributed by atoms with Gasteiger partial charge in [-0.05, 0) is 29.8 Å². The van der Waals surface area contributed by atoms with Crippen LogP contribution in [0.3, 0.4) is 0 Å². The molecule has 2 rings (SSSR count). The van der Waals surface area contributed by atoms with Crippen molar-refractivity contribution in [2.45, 2.75) is 0 Å². The van der Waals surface area contributed by atoms with Crippen LogP contribution in [0.5, 0.6) is 0 Å². The Morgan fingerprint density at radius 3 is 2.55 bits per heavy atom. The lowest BCUT2D eigenvalue weighted by Crippen LogP contribution is -2.18. The predicted molar refractivity (Wildman–Crippen MR) is 72.6 cm³/mol. The summed E-state index contributed by atoms with van der Waals surface area (Å²) in [4.78, 5) is 11.6. The van der Waals surface area contributed by atoms with Gasteiger partial charge in [0.15, 0.2) is 0 Å². The van der Waals surface area contributed by atoms with Crippen LogP contribution in [0, 0.1) is 17.1 Å². The number of amides is 1. The Morgan fingerprint density at radius 1 is 1.20 bits per heavy atom. The van der Waals surface area contributed by atoms with Crippen LogP contribution in [0.4, 0.5) is 4.39 Å². The van der Waals surface area contributed by atoms with Crippen molar-refractivity contribution >= 4 is 12.1 Å². The van der Waals surface area contributed by atoms with E-state index in [1.54, 1.807) is 30.3 Å². The number of hydrogen-bond acceptors (Lipinski definition) is 3. The molecule has 2 aromatic carbocycles. The molecule has 0 aromatic heterocycles. The van der Waals surface area contributed by atoms with Crippen molar-refractivity contribution in [3.8, 4) is 6.07 Å². The number of hydrazone groups is 1. The molecule has 0 unspecified atom stereocenters. The van der Waals surface area contributed by atoms with Gasteiger partial charge in [-0.3, -0.25) is 4.79 Å². The Labute approximate surface area is 115 Å². The Hall–Kier alpha value is -3.00. The SMILES string of the molecule is N#Cc1ccc(C=NNC(=O)c2ccccc2F)cc1. The van der Waals surface area contributed by atoms with Crippen LogP contribution >= 0.6 is 0 Å². The van der Waals surface area contributed by atoms with Gasteiger partial charge in [-0.15, -0.1) is 0 Å². The van der Waals surface area contributed by atoms with E-state index in [1.807, 2.05) is 6.07 Å². The van der Waals surface area contributed by atoms with Crippen LogP contribution in [-0.4, -0.2) is 12.1 Å². The lowest BCUT2D eigenvalue weighted by Gasteiger charge is -2.00. The van der Waals surface area contributed by atoms with Crippen LogP contribution in [0.1, 0.15) is 21.5 Å². The fourth-order valence-corrected chi connectivity index (χ4v) is 1.51. The zero-order chi connectivity index (χ0) is 14.4. The van der Waals surface area contributed by atoms with Crippen molar-refractivity contribution in [2.75, 3.05) is 0 Å². The van der Waals surface area contributed by atoms with Crippen molar-refractivity contribution < 1.29 is 9.18 Å². The molecule has 0 saturated carbocycles. The topological polar surface area (TPSA) is 65.2 Å². The first-order chi connectivity index (χ1) is 9.70. The fraction of sp³-hybridized carbons (Fsp3) is 0. The van der Waals surface area contributed by atoms with Crippen molar-refractivity contribution in [3.05, 3.63) is 71.0 Å². The van der Waals surface area contributed by atoms with Crippen LogP contribution in [-0.2, 0) is 0 Å². The number of nitrogens with one attached hydrogen (secondary N) is 1. The number of rotatable bonds is 3. The van der Waals surface area contributed by atoms with Gasteiger partial charge in [-0.2, -0.15) is 10.4 Å². The number of carbonyl (C=O) groups is 1. The molecule has 0 bridgehead atoms. The molecule has 0 aliphatic carbocycles. The summed E-state index contributed by atoms with van der Waals surface area (Å²) < 4.78 is 13.3. The Morgan fingerprint density at radius 2 is 1.90 bits per heavy atom. The zero-order valence-corrected chi connectivity index (χ0v) is 10.4. The van der Waals surface area contributed by atoms with Crippen LogP contribution in [0.2, 0.25) is 0 Å². The molecule has 1 amide bonds. The third-order valence-corrected chi connectivity index (χ3v) is 2.54. The number of halogens is 1. The normalized spacial score (nSPS) is 10.2. The van der Waals surface area contributed by atoms with Gasteiger partial charge in [0.1, 0.15) is 5.82 Å². The number of benzene rings is 2. The highest BCUT2D eigenvalue weighted by atomic mass is 19.1. The maximum Gasteiger partial charge on any atom is 0.274 e. The van der Waals surface area contributed by atoms with Crippen molar-refractivity contribution in [1.29, 1.82) is 5.26 Å². The van der Waals surface area contributed by atoms with Gasteiger partial charge in [0.05, 0.1) is 23.4 Å². The molecule has 0 saturated heterocycles. The first-order valence-corrected chi connectivity index (χ1v) is 5.79. The van der Waals surface area contributed by atoms with Crippen molar-refractivity contribution in [3.63, 3.8) is 0 Å². The maximum atomic E-state index is 13.3. The summed E-state index contributed by atoms with van der Waals surface area (Å²) in [6, 6.07) is 14.3. The monoisotopic (exact) mass is 267 g/mol. The summed E-state index contributed by atoms with van der Waals surface area (Å²) in [6.45, 7) is 0. The van der Waals surface area contributed by atoms with Gasteiger partial charge in [-0.1, -0.05) is 24.3 Å². The standard InChI is InChI=1S/C15H10FN3O/c16-14-4-2-1-3-13(14)15(20)19-18-10-12-7-5-11(9-17)6-8-12/h1-8,10H,(H,19,20). The molecule has 5 heteroatoms. The van der Waals surface area contributed by atoms with E-state index >= 15 is 0 Å². The third-order valence-electron chi connectivity index (χ3n) is 2.54. The van der Waals surface area contributed by atoms with Gasteiger partial charge in [0.2, 0.25) is 0 Å². The second-order valence-corrected chi connectivity index (χ2v) is 3.91. The lowest BCUT2D eigenvalue weighted by molar-refractivity contribution is 0.0951. The first-order valence-electron chi connectivity index (χ1n) is 5.79. The number of nitriles is 1. The van der Waals surface area contributed by atoms with E-state index in [2.05, 4.69) is 10.5 Å². The summed E-state index contributed by atoms with van der Waals surface area (Å²) >= 11 is 0. The smallest absolute Gasteiger partial charge is 0.267 e. The third kappa shape index (κ3) is 3.27. The van der Waals surface area contributed by atoms with E-state index in [-0.39, 0.29) is 5.56 Å². The molecule has 20 heavy (non-hydrogen) atoms. The van der Waals surface area contributed by atoms with Gasteiger partial charge in [-0.25, -0.2) is 9.82 Å². The van der Waals surface area contributed by atoms with Gasteiger partial charge >= 0.3 is 0 Å². The summed E-state index contributed by atoms with van der Waals surface area (Å²) in [6.07, 6.45) is 1.42. The minimum Gasteiger partial charge on any atom is -0.267 e. The lowest BCUT2D eigenvalue weighted by atomic mass is 10.2. The average molecular weight is 267 g/mol. The van der Waals surface area contributed by atoms with Crippen molar-refractivity contribution in [1.82, 2.24) is 5.43 Å². The van der Waals surface area contributed by atoms with Crippen LogP contribution in [0.25, 0.3) is 0 Å². The summed E-state index contributed by atoms with van der Waals surface area (Å²) in [5.41, 5.74) is 3.44. The number of hydrogen-bond donors (Lipinski definition) is 1. The maximum absolute atomic E-state index is 13.3. The first kappa shape index (κ1) is 13.4. The molecule has 98 valence electrons. The molecule has 2 aromatic rings. The van der Waals surface area contributed by atoms with E-state index in [0.717, 1.165) is 5.56 Å². The largest absolute Gasteiger partial charge is 0.274 e. The second kappa shape index (κ2) is 6.25. The van der Waals surface area contributed by atoms with Crippen molar-refractivity contribution in [2.24, 2.45) is 5.10 Å².